The molecule has 1 amide bonds. The maximum Gasteiger partial charge on any atom is 0.256 e. The molecule has 2 aromatic rings. The highest BCUT2D eigenvalue weighted by molar-refractivity contribution is 6.05. The lowest BCUT2D eigenvalue weighted by molar-refractivity contribution is 0.102. The third kappa shape index (κ3) is 2.76. The number of carbonyl (C=O) groups excluding carboxylic acids is 1. The van der Waals surface area contributed by atoms with Crippen LogP contribution in [0.15, 0.2) is 42.5 Å². The van der Waals surface area contributed by atoms with E-state index in [-0.39, 0.29) is 11.3 Å². The van der Waals surface area contributed by atoms with Crippen LogP contribution in [0.4, 0.5) is 10.1 Å². The largest absolute Gasteiger partial charge is 0.322 e. The maximum absolute atomic E-state index is 13.1. The topological polar surface area (TPSA) is 29.1 Å². The molecule has 1 aliphatic carbocycles. The predicted molar refractivity (Wildman–Crippen MR) is 91.7 cm³/mol. The summed E-state index contributed by atoms with van der Waals surface area (Å²) < 4.78 is 13.1. The molecule has 0 bridgehead atoms. The first kappa shape index (κ1) is 15.7. The molecular formula is C20H22FNO. The lowest BCUT2D eigenvalue weighted by Crippen LogP contribution is -2.16. The van der Waals surface area contributed by atoms with E-state index in [0.717, 1.165) is 12.1 Å². The van der Waals surface area contributed by atoms with Crippen molar-refractivity contribution in [3.63, 3.8) is 0 Å². The van der Waals surface area contributed by atoms with E-state index >= 15 is 0 Å². The van der Waals surface area contributed by atoms with Crippen molar-refractivity contribution in [1.82, 2.24) is 0 Å². The van der Waals surface area contributed by atoms with Gasteiger partial charge in [0, 0.05) is 11.3 Å². The van der Waals surface area contributed by atoms with Crippen LogP contribution >= 0.6 is 0 Å². The number of amides is 1. The molecule has 0 fully saturated rings. The fraction of sp³-hybridized carbons (Fsp3) is 0.350. The molecule has 2 nitrogen and oxygen atoms in total. The van der Waals surface area contributed by atoms with E-state index in [1.807, 2.05) is 12.1 Å². The van der Waals surface area contributed by atoms with Crippen LogP contribution in [0, 0.1) is 0 Å². The predicted octanol–water partition coefficient (Wildman–Crippen LogP) is 5.19. The number of rotatable bonds is 3. The van der Waals surface area contributed by atoms with Crippen molar-refractivity contribution in [1.29, 1.82) is 0 Å². The van der Waals surface area contributed by atoms with Gasteiger partial charge in [-0.15, -0.1) is 0 Å². The Morgan fingerprint density at radius 3 is 2.70 bits per heavy atom. The van der Waals surface area contributed by atoms with Crippen LogP contribution in [-0.2, 0) is 12.1 Å². The minimum atomic E-state index is -0.639. The Labute approximate surface area is 136 Å². The normalized spacial score (nSPS) is 18.5. The number of hydrogen-bond acceptors (Lipinski definition) is 1. The molecule has 3 heteroatoms. The highest BCUT2D eigenvalue weighted by Crippen LogP contribution is 2.48. The van der Waals surface area contributed by atoms with Gasteiger partial charge in [0.05, 0.1) is 0 Å². The molecule has 0 spiro atoms. The summed E-state index contributed by atoms with van der Waals surface area (Å²) in [5.74, 6) is 0.150. The molecular weight excluding hydrogens is 289 g/mol. The summed E-state index contributed by atoms with van der Waals surface area (Å²) in [5.41, 5.74) is 4.29. The summed E-state index contributed by atoms with van der Waals surface area (Å²) in [7, 11) is 0. The first-order chi connectivity index (χ1) is 10.9. The molecule has 1 unspecified atom stereocenters. The summed E-state index contributed by atoms with van der Waals surface area (Å²) in [6, 6.07) is 12.9. The fourth-order valence-electron chi connectivity index (χ4n) is 3.82. The van der Waals surface area contributed by atoms with Gasteiger partial charge >= 0.3 is 0 Å². The second kappa shape index (κ2) is 5.80. The van der Waals surface area contributed by atoms with Gasteiger partial charge in [0.2, 0.25) is 0 Å². The Morgan fingerprint density at radius 2 is 1.96 bits per heavy atom. The highest BCUT2D eigenvalue weighted by Gasteiger charge is 2.36. The summed E-state index contributed by atoms with van der Waals surface area (Å²) in [6.45, 7) is 6.03. The average Bonchev–Trinajstić information content (AvgIpc) is 2.77. The van der Waals surface area contributed by atoms with Crippen molar-refractivity contribution in [2.75, 3.05) is 5.32 Å². The molecule has 1 N–H and O–H groups in total. The monoisotopic (exact) mass is 311 g/mol. The Balaban J connectivity index is 1.96. The average molecular weight is 311 g/mol. The second-order valence-electron chi connectivity index (χ2n) is 7.00. The zero-order chi connectivity index (χ0) is 16.6. The van der Waals surface area contributed by atoms with E-state index in [1.54, 1.807) is 24.3 Å². The standard InChI is InChI=1S/C20H22FNO/c1-13-11-20(2,3)16-9-6-10-17(18(13)16)22-19(23)15-8-5-4-7-14(15)12-21/h4-10,13H,11-12H2,1-3H3,(H,22,23). The van der Waals surface area contributed by atoms with Gasteiger partial charge in [-0.25, -0.2) is 4.39 Å². The molecule has 0 aliphatic heterocycles. The molecule has 0 aromatic heterocycles. The van der Waals surface area contributed by atoms with Crippen molar-refractivity contribution in [3.05, 3.63) is 64.7 Å². The molecule has 0 saturated heterocycles. The van der Waals surface area contributed by atoms with Crippen molar-refractivity contribution >= 4 is 11.6 Å². The van der Waals surface area contributed by atoms with E-state index < -0.39 is 6.67 Å². The fourth-order valence-corrected chi connectivity index (χ4v) is 3.82. The van der Waals surface area contributed by atoms with Crippen LogP contribution in [-0.4, -0.2) is 5.91 Å². The Morgan fingerprint density at radius 1 is 1.22 bits per heavy atom. The number of fused-ring (bicyclic) bond motifs is 1. The SMILES string of the molecule is CC1CC(C)(C)c2cccc(NC(=O)c3ccccc3CF)c21. The van der Waals surface area contributed by atoms with Gasteiger partial charge in [-0.1, -0.05) is 51.1 Å². The first-order valence-corrected chi connectivity index (χ1v) is 8.02. The van der Waals surface area contributed by atoms with Gasteiger partial charge in [-0.3, -0.25) is 4.79 Å². The number of hydrogen-bond donors (Lipinski definition) is 1. The van der Waals surface area contributed by atoms with E-state index in [2.05, 4.69) is 32.2 Å². The van der Waals surface area contributed by atoms with Crippen LogP contribution in [0.25, 0.3) is 0 Å². The number of carbonyl (C=O) groups is 1. The summed E-state index contributed by atoms with van der Waals surface area (Å²) in [6.07, 6.45) is 1.07. The third-order valence-corrected chi connectivity index (χ3v) is 4.80. The van der Waals surface area contributed by atoms with Gasteiger partial charge in [0.25, 0.3) is 5.91 Å². The van der Waals surface area contributed by atoms with Crippen LogP contribution in [0.3, 0.4) is 0 Å². The molecule has 1 atom stereocenters. The molecule has 0 radical (unpaired) electrons. The van der Waals surface area contributed by atoms with Crippen molar-refractivity contribution < 1.29 is 9.18 Å². The van der Waals surface area contributed by atoms with Crippen LogP contribution in [0.5, 0.6) is 0 Å². The quantitative estimate of drug-likeness (QED) is 0.830. The Hall–Kier alpha value is -2.16. The summed E-state index contributed by atoms with van der Waals surface area (Å²) >= 11 is 0. The van der Waals surface area contributed by atoms with Gasteiger partial charge in [-0.2, -0.15) is 0 Å². The molecule has 23 heavy (non-hydrogen) atoms. The van der Waals surface area contributed by atoms with E-state index in [1.165, 1.54) is 11.1 Å². The minimum absolute atomic E-state index is 0.117. The van der Waals surface area contributed by atoms with Crippen LogP contribution in [0.2, 0.25) is 0 Å². The molecule has 0 saturated carbocycles. The van der Waals surface area contributed by atoms with E-state index in [4.69, 9.17) is 0 Å². The maximum atomic E-state index is 13.1. The first-order valence-electron chi connectivity index (χ1n) is 8.02. The Bertz CT molecular complexity index is 751. The number of benzene rings is 2. The summed E-state index contributed by atoms with van der Waals surface area (Å²) in [4.78, 5) is 12.6. The van der Waals surface area contributed by atoms with Gasteiger partial charge in [-0.05, 0) is 46.6 Å². The molecule has 0 heterocycles. The van der Waals surface area contributed by atoms with E-state index in [9.17, 15) is 9.18 Å². The van der Waals surface area contributed by atoms with Gasteiger partial charge in [0.15, 0.2) is 0 Å². The van der Waals surface area contributed by atoms with E-state index in [0.29, 0.717) is 17.0 Å². The number of halogens is 1. The molecule has 2 aromatic carbocycles. The second-order valence-corrected chi connectivity index (χ2v) is 7.00. The molecule has 120 valence electrons. The zero-order valence-corrected chi connectivity index (χ0v) is 13.8. The van der Waals surface area contributed by atoms with Crippen molar-refractivity contribution in [2.45, 2.75) is 45.2 Å². The molecule has 1 aliphatic rings. The highest BCUT2D eigenvalue weighted by atomic mass is 19.1. The zero-order valence-electron chi connectivity index (χ0n) is 13.8. The van der Waals surface area contributed by atoms with Gasteiger partial charge in [0.1, 0.15) is 6.67 Å². The number of alkyl halides is 1. The van der Waals surface area contributed by atoms with Crippen molar-refractivity contribution in [3.8, 4) is 0 Å². The third-order valence-electron chi connectivity index (χ3n) is 4.80. The number of anilines is 1. The number of nitrogens with one attached hydrogen (secondary N) is 1. The lowest BCUT2D eigenvalue weighted by atomic mass is 9.86. The van der Waals surface area contributed by atoms with Crippen LogP contribution < -0.4 is 5.32 Å². The van der Waals surface area contributed by atoms with Gasteiger partial charge < -0.3 is 5.32 Å². The minimum Gasteiger partial charge on any atom is -0.322 e. The Kier molecular flexibility index (Phi) is 3.97. The summed E-state index contributed by atoms with van der Waals surface area (Å²) in [5, 5.41) is 3.00. The van der Waals surface area contributed by atoms with Crippen molar-refractivity contribution in [2.24, 2.45) is 0 Å². The molecule has 3 rings (SSSR count). The smallest absolute Gasteiger partial charge is 0.256 e. The lowest BCUT2D eigenvalue weighted by Gasteiger charge is -2.19. The van der Waals surface area contributed by atoms with Crippen LogP contribution in [0.1, 0.15) is 60.2 Å².